The van der Waals surface area contributed by atoms with Crippen LogP contribution in [-0.4, -0.2) is 22.9 Å². The first-order valence-corrected chi connectivity index (χ1v) is 7.68. The molecule has 23 heavy (non-hydrogen) atoms. The number of carbonyl (C=O) groups excluding carboxylic acids is 2. The zero-order valence-electron chi connectivity index (χ0n) is 12.2. The average Bonchev–Trinajstić information content (AvgIpc) is 2.79. The van der Waals surface area contributed by atoms with Gasteiger partial charge in [0.25, 0.3) is 11.8 Å². The first-order valence-electron chi connectivity index (χ1n) is 7.30. The molecule has 0 saturated carbocycles. The average molecular weight is 332 g/mol. The molecular weight excluding hydrogens is 318 g/mol. The summed E-state index contributed by atoms with van der Waals surface area (Å²) in [6, 6.07) is 4.70. The van der Waals surface area contributed by atoms with Gasteiger partial charge in [0.05, 0.1) is 5.69 Å². The summed E-state index contributed by atoms with van der Waals surface area (Å²) in [4.78, 5) is 36.8. The molecule has 1 aromatic rings. The fourth-order valence-electron chi connectivity index (χ4n) is 2.93. The molecule has 0 aromatic heterocycles. The molecule has 0 bridgehead atoms. The van der Waals surface area contributed by atoms with Crippen molar-refractivity contribution in [2.75, 3.05) is 4.90 Å². The molecule has 6 heteroatoms. The van der Waals surface area contributed by atoms with E-state index in [0.29, 0.717) is 40.3 Å². The highest BCUT2D eigenvalue weighted by atomic mass is 35.5. The SMILES string of the molecule is O=C(O)/C=C\c1cc(N2C(=O)C3=C(CCCC3)C2=O)ccc1Cl. The van der Waals surface area contributed by atoms with Crippen molar-refractivity contribution in [1.82, 2.24) is 0 Å². The number of carboxylic acids is 1. The Kier molecular flexibility index (Phi) is 4.05. The highest BCUT2D eigenvalue weighted by Gasteiger charge is 2.39. The molecule has 0 unspecified atom stereocenters. The van der Waals surface area contributed by atoms with E-state index in [1.807, 2.05) is 0 Å². The number of benzene rings is 1. The van der Waals surface area contributed by atoms with E-state index in [-0.39, 0.29) is 11.8 Å². The minimum Gasteiger partial charge on any atom is -0.478 e. The van der Waals surface area contributed by atoms with Crippen LogP contribution in [0, 0.1) is 0 Å². The van der Waals surface area contributed by atoms with Crippen molar-refractivity contribution < 1.29 is 19.5 Å². The van der Waals surface area contributed by atoms with Gasteiger partial charge in [-0.05, 0) is 55.5 Å². The van der Waals surface area contributed by atoms with Crippen LogP contribution in [0.15, 0.2) is 35.4 Å². The molecule has 1 heterocycles. The molecule has 1 N–H and O–H groups in total. The summed E-state index contributed by atoms with van der Waals surface area (Å²) in [5, 5.41) is 9.07. The largest absolute Gasteiger partial charge is 0.478 e. The number of hydrogen-bond donors (Lipinski definition) is 1. The molecule has 2 aliphatic rings. The third-order valence-corrected chi connectivity index (χ3v) is 4.38. The van der Waals surface area contributed by atoms with Crippen molar-refractivity contribution in [3.63, 3.8) is 0 Å². The molecule has 0 fully saturated rings. The second-order valence-electron chi connectivity index (χ2n) is 5.49. The number of amides is 2. The topological polar surface area (TPSA) is 74.7 Å². The van der Waals surface area contributed by atoms with Crippen LogP contribution in [0.3, 0.4) is 0 Å². The van der Waals surface area contributed by atoms with Gasteiger partial charge in [-0.15, -0.1) is 0 Å². The van der Waals surface area contributed by atoms with Gasteiger partial charge in [0.2, 0.25) is 0 Å². The molecule has 1 aliphatic heterocycles. The summed E-state index contributed by atoms with van der Waals surface area (Å²) in [6.07, 6.45) is 5.40. The Balaban J connectivity index is 1.97. The quantitative estimate of drug-likeness (QED) is 0.682. The van der Waals surface area contributed by atoms with Crippen LogP contribution in [0.5, 0.6) is 0 Å². The predicted octanol–water partition coefficient (Wildman–Crippen LogP) is 3.18. The van der Waals surface area contributed by atoms with Crippen LogP contribution in [0.2, 0.25) is 5.02 Å². The second-order valence-corrected chi connectivity index (χ2v) is 5.89. The number of rotatable bonds is 3. The van der Waals surface area contributed by atoms with E-state index in [0.717, 1.165) is 23.8 Å². The lowest BCUT2D eigenvalue weighted by molar-refractivity contribution is -0.131. The first kappa shape index (κ1) is 15.5. The van der Waals surface area contributed by atoms with Crippen LogP contribution >= 0.6 is 11.6 Å². The summed E-state index contributed by atoms with van der Waals surface area (Å²) in [6.45, 7) is 0. The van der Waals surface area contributed by atoms with E-state index in [2.05, 4.69) is 0 Å². The highest BCUT2D eigenvalue weighted by molar-refractivity contribution is 6.34. The number of carboxylic acid groups (broad SMARTS) is 1. The molecule has 0 saturated heterocycles. The van der Waals surface area contributed by atoms with Crippen LogP contribution in [-0.2, 0) is 14.4 Å². The Bertz CT molecular complexity index is 751. The minimum absolute atomic E-state index is 0.278. The van der Waals surface area contributed by atoms with E-state index in [9.17, 15) is 14.4 Å². The summed E-state index contributed by atoms with van der Waals surface area (Å²) in [5.41, 5.74) is 2.07. The summed E-state index contributed by atoms with van der Waals surface area (Å²) in [5.74, 6) is -1.66. The molecule has 0 radical (unpaired) electrons. The molecule has 3 rings (SSSR count). The van der Waals surface area contributed by atoms with E-state index in [1.54, 1.807) is 18.2 Å². The number of nitrogens with zero attached hydrogens (tertiary/aromatic N) is 1. The van der Waals surface area contributed by atoms with Crippen molar-refractivity contribution in [2.24, 2.45) is 0 Å². The number of hydrogen-bond acceptors (Lipinski definition) is 3. The van der Waals surface area contributed by atoms with Gasteiger partial charge >= 0.3 is 5.97 Å². The maximum absolute atomic E-state index is 12.5. The first-order chi connectivity index (χ1) is 11.0. The van der Waals surface area contributed by atoms with Gasteiger partial charge in [0.1, 0.15) is 0 Å². The Morgan fingerprint density at radius 3 is 2.30 bits per heavy atom. The van der Waals surface area contributed by atoms with Crippen molar-refractivity contribution in [1.29, 1.82) is 0 Å². The number of carbonyl (C=O) groups is 3. The van der Waals surface area contributed by atoms with E-state index in [1.165, 1.54) is 6.08 Å². The fourth-order valence-corrected chi connectivity index (χ4v) is 3.11. The van der Waals surface area contributed by atoms with Crippen molar-refractivity contribution in [3.05, 3.63) is 46.0 Å². The van der Waals surface area contributed by atoms with Gasteiger partial charge in [-0.1, -0.05) is 11.6 Å². The molecule has 118 valence electrons. The minimum atomic E-state index is -1.10. The number of imide groups is 1. The maximum atomic E-state index is 12.5. The van der Waals surface area contributed by atoms with Crippen molar-refractivity contribution in [3.8, 4) is 0 Å². The molecule has 1 aromatic carbocycles. The summed E-state index contributed by atoms with van der Waals surface area (Å²) >= 11 is 6.04. The molecular formula is C17H14ClNO4. The fraction of sp³-hybridized carbons (Fsp3) is 0.235. The third-order valence-electron chi connectivity index (χ3n) is 4.03. The smallest absolute Gasteiger partial charge is 0.328 e. The second kappa shape index (κ2) is 6.01. The van der Waals surface area contributed by atoms with Crippen molar-refractivity contribution >= 4 is 41.1 Å². The molecule has 1 aliphatic carbocycles. The molecule has 0 atom stereocenters. The Labute approximate surface area is 137 Å². The monoisotopic (exact) mass is 331 g/mol. The zero-order valence-corrected chi connectivity index (χ0v) is 13.0. The maximum Gasteiger partial charge on any atom is 0.328 e. The number of anilines is 1. The Morgan fingerprint density at radius 1 is 1.13 bits per heavy atom. The van der Waals surface area contributed by atoms with E-state index in [4.69, 9.17) is 16.7 Å². The number of aliphatic carboxylic acids is 1. The third kappa shape index (κ3) is 2.80. The Morgan fingerprint density at radius 2 is 1.74 bits per heavy atom. The predicted molar refractivity (Wildman–Crippen MR) is 86.1 cm³/mol. The van der Waals surface area contributed by atoms with Gasteiger partial charge in [-0.2, -0.15) is 0 Å². The van der Waals surface area contributed by atoms with Crippen molar-refractivity contribution in [2.45, 2.75) is 25.7 Å². The van der Waals surface area contributed by atoms with Crippen LogP contribution in [0.4, 0.5) is 5.69 Å². The lowest BCUT2D eigenvalue weighted by Gasteiger charge is -2.16. The lowest BCUT2D eigenvalue weighted by Crippen LogP contribution is -2.31. The van der Waals surface area contributed by atoms with Gasteiger partial charge in [-0.25, -0.2) is 9.69 Å². The van der Waals surface area contributed by atoms with Gasteiger partial charge in [-0.3, -0.25) is 9.59 Å². The van der Waals surface area contributed by atoms with Gasteiger partial charge in [0.15, 0.2) is 0 Å². The van der Waals surface area contributed by atoms with Gasteiger partial charge in [0, 0.05) is 22.2 Å². The molecule has 0 spiro atoms. The van der Waals surface area contributed by atoms with Crippen LogP contribution < -0.4 is 4.90 Å². The molecule has 5 nitrogen and oxygen atoms in total. The van der Waals surface area contributed by atoms with E-state index < -0.39 is 5.97 Å². The Hall–Kier alpha value is -2.40. The summed E-state index contributed by atoms with van der Waals surface area (Å²) in [7, 11) is 0. The molecule has 2 amide bonds. The zero-order chi connectivity index (χ0) is 16.6. The highest BCUT2D eigenvalue weighted by Crippen LogP contribution is 2.36. The summed E-state index contributed by atoms with van der Waals surface area (Å²) < 4.78 is 0. The van der Waals surface area contributed by atoms with Gasteiger partial charge < -0.3 is 5.11 Å². The lowest BCUT2D eigenvalue weighted by atomic mass is 9.93. The number of halogens is 1. The van der Waals surface area contributed by atoms with Crippen LogP contribution in [0.25, 0.3) is 6.08 Å². The van der Waals surface area contributed by atoms with Crippen LogP contribution in [0.1, 0.15) is 31.2 Å². The normalized spacial score (nSPS) is 18.0. The van der Waals surface area contributed by atoms with E-state index >= 15 is 0 Å². The standard InChI is InChI=1S/C17H14ClNO4/c18-14-7-6-11(9-10(14)5-8-15(20)21)19-16(22)12-3-1-2-4-13(12)17(19)23/h5-9H,1-4H2,(H,20,21)/b8-5-.